The summed E-state index contributed by atoms with van der Waals surface area (Å²) < 4.78 is 10.2. The second-order valence-electron chi connectivity index (χ2n) is 6.38. The third kappa shape index (κ3) is 4.26. The minimum absolute atomic E-state index is 0.0688. The predicted molar refractivity (Wildman–Crippen MR) is 90.4 cm³/mol. The van der Waals surface area contributed by atoms with Gasteiger partial charge in [0.1, 0.15) is 0 Å². The Morgan fingerprint density at radius 2 is 1.75 bits per heavy atom. The van der Waals surface area contributed by atoms with Gasteiger partial charge in [-0.25, -0.2) is 4.79 Å². The third-order valence-corrected chi connectivity index (χ3v) is 4.94. The predicted octanol–water partition coefficient (Wildman–Crippen LogP) is 1.59. The molecule has 3 atom stereocenters. The zero-order chi connectivity index (χ0) is 17.5. The topological polar surface area (TPSA) is 94.2 Å². The number of rotatable bonds is 6. The Hall–Kier alpha value is -1.63. The fourth-order valence-electron chi connectivity index (χ4n) is 4.06. The smallest absolute Gasteiger partial charge is 0.356 e. The Labute approximate surface area is 143 Å². The number of ether oxygens (including phenoxy) is 2. The molecule has 2 aliphatic heterocycles. The molecule has 0 aromatic carbocycles. The molecule has 136 valence electrons. The van der Waals surface area contributed by atoms with Gasteiger partial charge in [0, 0.05) is 12.1 Å². The second kappa shape index (κ2) is 9.01. The molecule has 2 N–H and O–H groups in total. The van der Waals surface area contributed by atoms with Crippen LogP contribution in [0.5, 0.6) is 0 Å². The molecule has 24 heavy (non-hydrogen) atoms. The quantitative estimate of drug-likeness (QED) is 0.342. The lowest BCUT2D eigenvalue weighted by Crippen LogP contribution is -2.59. The summed E-state index contributed by atoms with van der Waals surface area (Å²) in [6, 6.07) is 0.259. The van der Waals surface area contributed by atoms with E-state index in [2.05, 4.69) is 10.0 Å². The maximum absolute atomic E-state index is 12.2. The SMILES string of the molecule is CCOC(=O)C[C@@H]1CCC[C@H]2CCC[C@@H](/C(=N/N)C(=O)OCC)N21. The van der Waals surface area contributed by atoms with Crippen LogP contribution in [0.3, 0.4) is 0 Å². The number of hydrogen-bond donors (Lipinski definition) is 1. The Balaban J connectivity index is 2.19. The van der Waals surface area contributed by atoms with Crippen LogP contribution in [0.2, 0.25) is 0 Å². The van der Waals surface area contributed by atoms with E-state index >= 15 is 0 Å². The lowest BCUT2D eigenvalue weighted by Gasteiger charge is -2.49. The average Bonchev–Trinajstić information content (AvgIpc) is 2.56. The lowest BCUT2D eigenvalue weighted by atomic mass is 9.83. The van der Waals surface area contributed by atoms with E-state index in [0.29, 0.717) is 25.7 Å². The van der Waals surface area contributed by atoms with Crippen molar-refractivity contribution in [3.05, 3.63) is 0 Å². The molecular weight excluding hydrogens is 310 g/mol. The number of fused-ring (bicyclic) bond motifs is 1. The average molecular weight is 339 g/mol. The fraction of sp³-hybridized carbons (Fsp3) is 0.824. The van der Waals surface area contributed by atoms with Crippen LogP contribution in [0, 0.1) is 0 Å². The minimum atomic E-state index is -0.453. The summed E-state index contributed by atoms with van der Waals surface area (Å²) in [7, 11) is 0. The Bertz CT molecular complexity index is 478. The van der Waals surface area contributed by atoms with Crippen LogP contribution in [0.4, 0.5) is 0 Å². The molecule has 0 bridgehead atoms. The van der Waals surface area contributed by atoms with Gasteiger partial charge in [-0.05, 0) is 46.0 Å². The molecule has 0 aromatic rings. The van der Waals surface area contributed by atoms with Crippen molar-refractivity contribution < 1.29 is 19.1 Å². The minimum Gasteiger partial charge on any atom is -0.466 e. The summed E-state index contributed by atoms with van der Waals surface area (Å²) in [6.45, 7) is 4.25. The number of carbonyl (C=O) groups excluding carboxylic acids is 2. The number of carbonyl (C=O) groups is 2. The number of hydrazone groups is 1. The molecule has 2 rings (SSSR count). The van der Waals surface area contributed by atoms with Crippen LogP contribution in [-0.2, 0) is 19.1 Å². The fourth-order valence-corrected chi connectivity index (χ4v) is 4.06. The highest BCUT2D eigenvalue weighted by molar-refractivity contribution is 6.38. The molecule has 0 radical (unpaired) electrons. The third-order valence-electron chi connectivity index (χ3n) is 4.94. The number of piperidine rings is 2. The number of nitrogens with two attached hydrogens (primary N) is 1. The van der Waals surface area contributed by atoms with Crippen molar-refractivity contribution in [2.24, 2.45) is 10.9 Å². The number of esters is 2. The monoisotopic (exact) mass is 339 g/mol. The van der Waals surface area contributed by atoms with E-state index in [9.17, 15) is 9.59 Å². The molecule has 2 heterocycles. The zero-order valence-corrected chi connectivity index (χ0v) is 14.7. The van der Waals surface area contributed by atoms with E-state index in [1.165, 1.54) is 0 Å². The molecular formula is C17H29N3O4. The Morgan fingerprint density at radius 1 is 1.08 bits per heavy atom. The van der Waals surface area contributed by atoms with Crippen molar-refractivity contribution in [1.29, 1.82) is 0 Å². The van der Waals surface area contributed by atoms with Gasteiger partial charge < -0.3 is 15.3 Å². The van der Waals surface area contributed by atoms with Gasteiger partial charge in [0.15, 0.2) is 5.71 Å². The van der Waals surface area contributed by atoms with Gasteiger partial charge in [-0.3, -0.25) is 9.69 Å². The Kier molecular flexibility index (Phi) is 7.02. The highest BCUT2D eigenvalue weighted by Gasteiger charge is 2.42. The van der Waals surface area contributed by atoms with E-state index in [-0.39, 0.29) is 23.8 Å². The first kappa shape index (κ1) is 18.7. The molecule has 0 amide bonds. The van der Waals surface area contributed by atoms with E-state index in [0.717, 1.165) is 38.5 Å². The van der Waals surface area contributed by atoms with Crippen molar-refractivity contribution >= 4 is 17.7 Å². The zero-order valence-electron chi connectivity index (χ0n) is 14.7. The van der Waals surface area contributed by atoms with Crippen molar-refractivity contribution in [3.8, 4) is 0 Å². The number of nitrogens with zero attached hydrogens (tertiary/aromatic N) is 2. The largest absolute Gasteiger partial charge is 0.466 e. The maximum atomic E-state index is 12.2. The van der Waals surface area contributed by atoms with E-state index in [1.807, 2.05) is 6.92 Å². The molecule has 0 unspecified atom stereocenters. The highest BCUT2D eigenvalue weighted by atomic mass is 16.5. The second-order valence-corrected chi connectivity index (χ2v) is 6.38. The van der Waals surface area contributed by atoms with Crippen LogP contribution in [0.1, 0.15) is 58.8 Å². The van der Waals surface area contributed by atoms with Gasteiger partial charge in [-0.1, -0.05) is 6.42 Å². The van der Waals surface area contributed by atoms with Crippen molar-refractivity contribution in [3.63, 3.8) is 0 Å². The summed E-state index contributed by atoms with van der Waals surface area (Å²) in [5, 5.41) is 3.76. The molecule has 7 nitrogen and oxygen atoms in total. The first-order chi connectivity index (χ1) is 11.6. The molecule has 0 aliphatic carbocycles. The van der Waals surface area contributed by atoms with Gasteiger partial charge in [0.2, 0.25) is 0 Å². The van der Waals surface area contributed by atoms with Crippen LogP contribution < -0.4 is 5.84 Å². The van der Waals surface area contributed by atoms with Crippen molar-refractivity contribution in [2.75, 3.05) is 13.2 Å². The molecule has 2 fully saturated rings. The first-order valence-electron chi connectivity index (χ1n) is 9.00. The van der Waals surface area contributed by atoms with Gasteiger partial charge in [-0.15, -0.1) is 0 Å². The first-order valence-corrected chi connectivity index (χ1v) is 9.00. The molecule has 0 spiro atoms. The standard InChI is InChI=1S/C17H29N3O4/c1-3-23-15(21)11-13-9-5-7-12-8-6-10-14(20(12)13)16(19-18)17(22)24-4-2/h12-14H,3-11,18H2,1-2H3/b19-16-/t12-,13-,14-/m0/s1. The Morgan fingerprint density at radius 3 is 2.38 bits per heavy atom. The van der Waals surface area contributed by atoms with E-state index < -0.39 is 5.97 Å². The highest BCUT2D eigenvalue weighted by Crippen LogP contribution is 2.35. The van der Waals surface area contributed by atoms with E-state index in [4.69, 9.17) is 15.3 Å². The summed E-state index contributed by atoms with van der Waals surface area (Å²) in [5.41, 5.74) is 0.275. The van der Waals surface area contributed by atoms with Crippen molar-refractivity contribution in [2.45, 2.75) is 76.9 Å². The summed E-state index contributed by atoms with van der Waals surface area (Å²) in [5.74, 6) is 4.88. The molecule has 0 saturated carbocycles. The summed E-state index contributed by atoms with van der Waals surface area (Å²) >= 11 is 0. The number of hydrogen-bond acceptors (Lipinski definition) is 7. The maximum Gasteiger partial charge on any atom is 0.356 e. The van der Waals surface area contributed by atoms with E-state index in [1.54, 1.807) is 6.92 Å². The van der Waals surface area contributed by atoms with Gasteiger partial charge in [-0.2, -0.15) is 5.10 Å². The van der Waals surface area contributed by atoms with Gasteiger partial charge in [0.25, 0.3) is 0 Å². The van der Waals surface area contributed by atoms with Crippen molar-refractivity contribution in [1.82, 2.24) is 4.90 Å². The lowest BCUT2D eigenvalue weighted by molar-refractivity contribution is -0.145. The van der Waals surface area contributed by atoms with Gasteiger partial charge >= 0.3 is 11.9 Å². The van der Waals surface area contributed by atoms with Crippen LogP contribution in [-0.4, -0.2) is 53.9 Å². The molecule has 2 saturated heterocycles. The van der Waals surface area contributed by atoms with Crippen LogP contribution in [0.15, 0.2) is 5.10 Å². The van der Waals surface area contributed by atoms with Gasteiger partial charge in [0.05, 0.1) is 25.7 Å². The molecule has 7 heteroatoms. The van der Waals surface area contributed by atoms with Crippen LogP contribution in [0.25, 0.3) is 0 Å². The molecule has 0 aromatic heterocycles. The molecule has 2 aliphatic rings. The normalized spacial score (nSPS) is 28.1. The summed E-state index contributed by atoms with van der Waals surface area (Å²) in [4.78, 5) is 26.5. The summed E-state index contributed by atoms with van der Waals surface area (Å²) in [6.07, 6.45) is 6.36. The van der Waals surface area contributed by atoms with Crippen LogP contribution >= 0.6 is 0 Å².